The number of hydrogen-bond acceptors (Lipinski definition) is 5. The number of anilines is 1. The van der Waals surface area contributed by atoms with Gasteiger partial charge in [-0.3, -0.25) is 9.69 Å². The molecule has 1 saturated heterocycles. The minimum atomic E-state index is -0.0603. The van der Waals surface area contributed by atoms with Crippen LogP contribution >= 0.6 is 22.7 Å². The van der Waals surface area contributed by atoms with Gasteiger partial charge in [-0.15, -0.1) is 22.7 Å². The molecule has 1 N–H and O–H groups in total. The van der Waals surface area contributed by atoms with Crippen LogP contribution in [0.15, 0.2) is 35.0 Å². The van der Waals surface area contributed by atoms with Gasteiger partial charge in [0.25, 0.3) is 0 Å². The number of aromatic nitrogens is 1. The monoisotopic (exact) mass is 424 g/mol. The molecule has 0 unspecified atom stereocenters. The van der Waals surface area contributed by atoms with Crippen LogP contribution in [-0.2, 0) is 11.3 Å². The van der Waals surface area contributed by atoms with Crippen molar-refractivity contribution in [2.75, 3.05) is 18.4 Å². The number of rotatable bonds is 6. The van der Waals surface area contributed by atoms with Crippen LogP contribution in [0.5, 0.6) is 0 Å². The van der Waals surface area contributed by atoms with Crippen LogP contribution in [0.4, 0.5) is 5.82 Å². The number of nitrogens with one attached hydrogen (secondary N) is 1. The molecule has 0 aromatic carbocycles. The predicted molar refractivity (Wildman–Crippen MR) is 119 cm³/mol. The molecule has 3 aromatic rings. The molecule has 0 bridgehead atoms. The number of amides is 1. The Kier molecular flexibility index (Phi) is 5.86. The van der Waals surface area contributed by atoms with E-state index >= 15 is 0 Å². The highest BCUT2D eigenvalue weighted by Crippen LogP contribution is 2.34. The van der Waals surface area contributed by atoms with Crippen molar-refractivity contribution in [1.82, 2.24) is 9.47 Å². The molecular weight excluding hydrogens is 400 g/mol. The molecule has 29 heavy (non-hydrogen) atoms. The Morgan fingerprint density at radius 3 is 2.76 bits per heavy atom. The SMILES string of the molecule is Cc1c(C#N)c(NC(=O)CN2CCC[C@@H]2c2cccs2)n(Cc2cccs2)c1C. The first-order chi connectivity index (χ1) is 14.1. The van der Waals surface area contributed by atoms with Crippen LogP contribution in [-0.4, -0.2) is 28.5 Å². The molecule has 1 aliphatic heterocycles. The third kappa shape index (κ3) is 4.01. The van der Waals surface area contributed by atoms with Gasteiger partial charge in [0.1, 0.15) is 11.9 Å². The standard InChI is InChI=1S/C22H24N4OS2/c1-15-16(2)26(13-17-6-4-10-28-17)22(18(15)12-23)24-21(27)14-25-9-3-7-19(25)20-8-5-11-29-20/h4-6,8,10-11,19H,3,7,9,13-14H2,1-2H3,(H,24,27)/t19-/m1/s1. The van der Waals surface area contributed by atoms with Gasteiger partial charge in [0.15, 0.2) is 0 Å². The Labute approximate surface area is 179 Å². The van der Waals surface area contributed by atoms with Gasteiger partial charge in [0.05, 0.1) is 18.7 Å². The van der Waals surface area contributed by atoms with Gasteiger partial charge in [-0.1, -0.05) is 12.1 Å². The molecule has 150 valence electrons. The molecule has 1 amide bonds. The van der Waals surface area contributed by atoms with E-state index in [9.17, 15) is 10.1 Å². The third-order valence-corrected chi connectivity index (χ3v) is 7.51. The first kappa shape index (κ1) is 19.9. The average molecular weight is 425 g/mol. The second-order valence-electron chi connectivity index (χ2n) is 7.40. The molecule has 0 aliphatic carbocycles. The lowest BCUT2D eigenvalue weighted by Crippen LogP contribution is -2.33. The molecule has 0 radical (unpaired) electrons. The Morgan fingerprint density at radius 2 is 2.07 bits per heavy atom. The summed E-state index contributed by atoms with van der Waals surface area (Å²) in [7, 11) is 0. The zero-order chi connectivity index (χ0) is 20.4. The van der Waals surface area contributed by atoms with Crippen molar-refractivity contribution >= 4 is 34.4 Å². The van der Waals surface area contributed by atoms with E-state index in [0.29, 0.717) is 30.5 Å². The molecule has 1 atom stereocenters. The Bertz CT molecular complexity index is 1030. The molecule has 1 fully saturated rings. The molecular formula is C22H24N4OS2. The van der Waals surface area contributed by atoms with Crippen molar-refractivity contribution in [3.05, 3.63) is 61.6 Å². The summed E-state index contributed by atoms with van der Waals surface area (Å²) in [4.78, 5) is 17.7. The number of hydrogen-bond donors (Lipinski definition) is 1. The molecule has 5 nitrogen and oxygen atoms in total. The van der Waals surface area contributed by atoms with Crippen LogP contribution in [0.25, 0.3) is 0 Å². The number of likely N-dealkylation sites (tertiary alicyclic amines) is 1. The van der Waals surface area contributed by atoms with Gasteiger partial charge in [0.2, 0.25) is 5.91 Å². The zero-order valence-corrected chi connectivity index (χ0v) is 18.3. The maximum atomic E-state index is 13.0. The van der Waals surface area contributed by atoms with Crippen LogP contribution in [0.3, 0.4) is 0 Å². The summed E-state index contributed by atoms with van der Waals surface area (Å²) in [6, 6.07) is 10.9. The van der Waals surface area contributed by atoms with Crippen molar-refractivity contribution in [1.29, 1.82) is 5.26 Å². The smallest absolute Gasteiger partial charge is 0.239 e. The summed E-state index contributed by atoms with van der Waals surface area (Å²) in [5.41, 5.74) is 2.50. The lowest BCUT2D eigenvalue weighted by Gasteiger charge is -2.23. The topological polar surface area (TPSA) is 61.1 Å². The molecule has 7 heteroatoms. The second-order valence-corrected chi connectivity index (χ2v) is 9.41. The van der Waals surface area contributed by atoms with E-state index < -0.39 is 0 Å². The number of thiophene rings is 2. The third-order valence-electron chi connectivity index (χ3n) is 5.67. The van der Waals surface area contributed by atoms with Crippen LogP contribution < -0.4 is 5.32 Å². The summed E-state index contributed by atoms with van der Waals surface area (Å²) in [5.74, 6) is 0.558. The maximum absolute atomic E-state index is 13.0. The minimum Gasteiger partial charge on any atom is -0.325 e. The van der Waals surface area contributed by atoms with Crippen LogP contribution in [0.2, 0.25) is 0 Å². The fraction of sp³-hybridized carbons (Fsp3) is 0.364. The Hall–Kier alpha value is -2.40. The first-order valence-corrected chi connectivity index (χ1v) is 11.5. The average Bonchev–Trinajstić information content (AvgIpc) is 3.48. The summed E-state index contributed by atoms with van der Waals surface area (Å²) >= 11 is 3.43. The summed E-state index contributed by atoms with van der Waals surface area (Å²) in [6.45, 7) is 5.88. The van der Waals surface area contributed by atoms with E-state index in [1.165, 1.54) is 9.75 Å². The normalized spacial score (nSPS) is 16.8. The quantitative estimate of drug-likeness (QED) is 0.611. The minimum absolute atomic E-state index is 0.0603. The van der Waals surface area contributed by atoms with Gasteiger partial charge in [-0.2, -0.15) is 5.26 Å². The predicted octanol–water partition coefficient (Wildman–Crippen LogP) is 4.92. The Morgan fingerprint density at radius 1 is 1.28 bits per heavy atom. The van der Waals surface area contributed by atoms with Crippen LogP contribution in [0.1, 0.15) is 45.5 Å². The molecule has 0 saturated carbocycles. The highest BCUT2D eigenvalue weighted by molar-refractivity contribution is 7.10. The number of carbonyl (C=O) groups is 1. The Balaban J connectivity index is 1.54. The van der Waals surface area contributed by atoms with Gasteiger partial charge in [-0.25, -0.2) is 0 Å². The van der Waals surface area contributed by atoms with Crippen molar-refractivity contribution in [2.24, 2.45) is 0 Å². The van der Waals surface area contributed by atoms with Gasteiger partial charge >= 0.3 is 0 Å². The lowest BCUT2D eigenvalue weighted by molar-refractivity contribution is -0.117. The number of nitriles is 1. The number of carbonyl (C=O) groups excluding carboxylic acids is 1. The van der Waals surface area contributed by atoms with E-state index in [4.69, 9.17) is 0 Å². The highest BCUT2D eigenvalue weighted by atomic mass is 32.1. The van der Waals surface area contributed by atoms with Crippen molar-refractivity contribution in [3.8, 4) is 6.07 Å². The largest absolute Gasteiger partial charge is 0.325 e. The number of nitrogens with zero attached hydrogens (tertiary/aromatic N) is 3. The highest BCUT2D eigenvalue weighted by Gasteiger charge is 2.29. The molecule has 4 heterocycles. The van der Waals surface area contributed by atoms with Crippen LogP contribution in [0, 0.1) is 25.2 Å². The first-order valence-electron chi connectivity index (χ1n) is 9.78. The van der Waals surface area contributed by atoms with Gasteiger partial charge in [-0.05, 0) is 61.7 Å². The molecule has 1 aliphatic rings. The van der Waals surface area contributed by atoms with E-state index in [1.54, 1.807) is 22.7 Å². The summed E-state index contributed by atoms with van der Waals surface area (Å²) in [5, 5.41) is 16.9. The van der Waals surface area contributed by atoms with E-state index in [1.807, 2.05) is 25.3 Å². The molecule has 4 rings (SSSR count). The van der Waals surface area contributed by atoms with Gasteiger partial charge in [0, 0.05) is 21.5 Å². The summed E-state index contributed by atoms with van der Waals surface area (Å²) < 4.78 is 2.05. The van der Waals surface area contributed by atoms with E-state index in [2.05, 4.69) is 44.4 Å². The lowest BCUT2D eigenvalue weighted by atomic mass is 10.2. The van der Waals surface area contributed by atoms with Gasteiger partial charge < -0.3 is 9.88 Å². The molecule has 3 aromatic heterocycles. The van der Waals surface area contributed by atoms with Crippen molar-refractivity contribution in [3.63, 3.8) is 0 Å². The maximum Gasteiger partial charge on any atom is 0.239 e. The molecule has 0 spiro atoms. The van der Waals surface area contributed by atoms with Crippen molar-refractivity contribution < 1.29 is 4.79 Å². The fourth-order valence-electron chi connectivity index (χ4n) is 4.06. The van der Waals surface area contributed by atoms with E-state index in [-0.39, 0.29) is 5.91 Å². The zero-order valence-electron chi connectivity index (χ0n) is 16.6. The second kappa shape index (κ2) is 8.54. The van der Waals surface area contributed by atoms with E-state index in [0.717, 1.165) is 30.6 Å². The van der Waals surface area contributed by atoms with Crippen molar-refractivity contribution in [2.45, 2.75) is 39.3 Å². The fourth-order valence-corrected chi connectivity index (χ4v) is 5.65. The summed E-state index contributed by atoms with van der Waals surface area (Å²) in [6.07, 6.45) is 2.19.